The molecule has 5 nitrogen and oxygen atoms in total. The lowest BCUT2D eigenvalue weighted by Gasteiger charge is -2.19. The maximum atomic E-state index is 12.7. The van der Waals surface area contributed by atoms with Crippen molar-refractivity contribution in [2.45, 2.75) is 31.2 Å². The van der Waals surface area contributed by atoms with E-state index >= 15 is 0 Å². The summed E-state index contributed by atoms with van der Waals surface area (Å²) in [6.07, 6.45) is 0.716. The highest BCUT2D eigenvalue weighted by atomic mass is 32.2. The van der Waals surface area contributed by atoms with Gasteiger partial charge in [0, 0.05) is 19.1 Å². The average Bonchev–Trinajstić information content (AvgIpc) is 2.75. The van der Waals surface area contributed by atoms with E-state index in [1.54, 1.807) is 33.1 Å². The lowest BCUT2D eigenvalue weighted by atomic mass is 10.1. The van der Waals surface area contributed by atoms with Crippen LogP contribution in [0.2, 0.25) is 0 Å². The van der Waals surface area contributed by atoms with Crippen molar-refractivity contribution >= 4 is 10.0 Å². The number of benzene rings is 1. The molecule has 106 valence electrons. The van der Waals surface area contributed by atoms with Gasteiger partial charge in [0.1, 0.15) is 5.75 Å². The fourth-order valence-corrected chi connectivity index (χ4v) is 4.46. The first-order chi connectivity index (χ1) is 8.86. The number of ether oxygens (including phenoxy) is 1. The van der Waals surface area contributed by atoms with Gasteiger partial charge in [0.25, 0.3) is 0 Å². The normalized spacial score (nSPS) is 20.7. The molecule has 1 saturated heterocycles. The van der Waals surface area contributed by atoms with Crippen LogP contribution in [0, 0.1) is 13.8 Å². The molecule has 1 aliphatic heterocycles. The second-order valence-corrected chi connectivity index (χ2v) is 6.88. The maximum absolute atomic E-state index is 12.7. The number of methoxy groups -OCH3 is 1. The summed E-state index contributed by atoms with van der Waals surface area (Å²) in [5.41, 5.74) is 7.21. The van der Waals surface area contributed by atoms with E-state index in [1.807, 2.05) is 0 Å². The molecule has 1 aromatic carbocycles. The van der Waals surface area contributed by atoms with Crippen LogP contribution < -0.4 is 10.5 Å². The first-order valence-corrected chi connectivity index (χ1v) is 7.71. The zero-order valence-corrected chi connectivity index (χ0v) is 12.3. The first-order valence-electron chi connectivity index (χ1n) is 6.27. The van der Waals surface area contributed by atoms with E-state index in [0.29, 0.717) is 41.3 Å². The van der Waals surface area contributed by atoms with Crippen molar-refractivity contribution in [1.82, 2.24) is 4.31 Å². The summed E-state index contributed by atoms with van der Waals surface area (Å²) in [5, 5.41) is 0. The summed E-state index contributed by atoms with van der Waals surface area (Å²) in [6.45, 7) is 4.47. The molecule has 2 N–H and O–H groups in total. The van der Waals surface area contributed by atoms with Gasteiger partial charge in [-0.25, -0.2) is 8.42 Å². The molecule has 0 aromatic heterocycles. The fraction of sp³-hybridized carbons (Fsp3) is 0.538. The number of nitrogens with zero attached hydrogens (tertiary/aromatic N) is 1. The van der Waals surface area contributed by atoms with Gasteiger partial charge >= 0.3 is 0 Å². The zero-order chi connectivity index (χ0) is 14.2. The molecule has 0 aliphatic carbocycles. The standard InChI is InChI=1S/C13H20N2O3S/c1-9-6-12(18-3)7-10(2)13(9)19(16,17)15-5-4-11(14)8-15/h6-7,11H,4-5,8,14H2,1-3H3/t11-/m1/s1. The van der Waals surface area contributed by atoms with Gasteiger partial charge in [0.05, 0.1) is 12.0 Å². The Hall–Kier alpha value is -1.11. The highest BCUT2D eigenvalue weighted by molar-refractivity contribution is 7.89. The molecule has 1 atom stereocenters. The van der Waals surface area contributed by atoms with Crippen molar-refractivity contribution in [3.05, 3.63) is 23.3 Å². The van der Waals surface area contributed by atoms with Crippen LogP contribution in [0.4, 0.5) is 0 Å². The SMILES string of the molecule is COc1cc(C)c(S(=O)(=O)N2CC[C@@H](N)C2)c(C)c1. The Balaban J connectivity index is 2.46. The van der Waals surface area contributed by atoms with E-state index in [9.17, 15) is 8.42 Å². The first kappa shape index (κ1) is 14.3. The van der Waals surface area contributed by atoms with Crippen LogP contribution in [0.3, 0.4) is 0 Å². The summed E-state index contributed by atoms with van der Waals surface area (Å²) >= 11 is 0. The monoisotopic (exact) mass is 284 g/mol. The van der Waals surface area contributed by atoms with E-state index in [4.69, 9.17) is 10.5 Å². The molecule has 1 aromatic rings. The van der Waals surface area contributed by atoms with Crippen molar-refractivity contribution in [3.8, 4) is 5.75 Å². The predicted molar refractivity (Wildman–Crippen MR) is 73.8 cm³/mol. The Morgan fingerprint density at radius 3 is 2.32 bits per heavy atom. The zero-order valence-electron chi connectivity index (χ0n) is 11.5. The van der Waals surface area contributed by atoms with Gasteiger partial charge in [-0.05, 0) is 43.5 Å². The Morgan fingerprint density at radius 1 is 1.32 bits per heavy atom. The number of nitrogens with two attached hydrogens (primary N) is 1. The topological polar surface area (TPSA) is 72.6 Å². The van der Waals surface area contributed by atoms with Crippen LogP contribution in [0.5, 0.6) is 5.75 Å². The number of hydrogen-bond acceptors (Lipinski definition) is 4. The Bertz CT molecular complexity index is 561. The van der Waals surface area contributed by atoms with E-state index in [-0.39, 0.29) is 6.04 Å². The molecule has 0 unspecified atom stereocenters. The smallest absolute Gasteiger partial charge is 0.243 e. The van der Waals surface area contributed by atoms with Gasteiger partial charge in [-0.3, -0.25) is 0 Å². The third-order valence-electron chi connectivity index (χ3n) is 3.45. The lowest BCUT2D eigenvalue weighted by molar-refractivity contribution is 0.413. The molecule has 0 radical (unpaired) electrons. The van der Waals surface area contributed by atoms with Crippen LogP contribution in [0.25, 0.3) is 0 Å². The van der Waals surface area contributed by atoms with Crippen molar-refractivity contribution in [2.75, 3.05) is 20.2 Å². The van der Waals surface area contributed by atoms with Gasteiger partial charge in [-0.1, -0.05) is 0 Å². The van der Waals surface area contributed by atoms with E-state index in [1.165, 1.54) is 4.31 Å². The quantitative estimate of drug-likeness (QED) is 0.900. The molecule has 0 saturated carbocycles. The average molecular weight is 284 g/mol. The molecule has 0 amide bonds. The van der Waals surface area contributed by atoms with Gasteiger partial charge < -0.3 is 10.5 Å². The molecular formula is C13H20N2O3S. The van der Waals surface area contributed by atoms with Gasteiger partial charge in [-0.15, -0.1) is 0 Å². The van der Waals surface area contributed by atoms with Gasteiger partial charge in [-0.2, -0.15) is 4.31 Å². The van der Waals surface area contributed by atoms with Crippen molar-refractivity contribution in [1.29, 1.82) is 0 Å². The second kappa shape index (κ2) is 5.11. The maximum Gasteiger partial charge on any atom is 0.243 e. The number of rotatable bonds is 3. The van der Waals surface area contributed by atoms with Crippen LogP contribution in [-0.4, -0.2) is 39.0 Å². The minimum atomic E-state index is -3.46. The summed E-state index contributed by atoms with van der Waals surface area (Å²) < 4.78 is 31.9. The molecule has 0 spiro atoms. The van der Waals surface area contributed by atoms with Crippen LogP contribution >= 0.6 is 0 Å². The Labute approximate surface area is 114 Å². The lowest BCUT2D eigenvalue weighted by Crippen LogP contribution is -2.32. The second-order valence-electron chi connectivity index (χ2n) is 5.00. The molecule has 1 fully saturated rings. The van der Waals surface area contributed by atoms with Crippen LogP contribution in [0.1, 0.15) is 17.5 Å². The van der Waals surface area contributed by atoms with Gasteiger partial charge in [0.15, 0.2) is 0 Å². The van der Waals surface area contributed by atoms with E-state index in [0.717, 1.165) is 0 Å². The molecule has 19 heavy (non-hydrogen) atoms. The Morgan fingerprint density at radius 2 is 1.89 bits per heavy atom. The highest BCUT2D eigenvalue weighted by Gasteiger charge is 2.33. The molecule has 1 heterocycles. The van der Waals surface area contributed by atoms with Crippen molar-refractivity contribution in [3.63, 3.8) is 0 Å². The molecule has 6 heteroatoms. The Kier molecular flexibility index (Phi) is 3.85. The van der Waals surface area contributed by atoms with Crippen LogP contribution in [-0.2, 0) is 10.0 Å². The number of hydrogen-bond donors (Lipinski definition) is 1. The fourth-order valence-electron chi connectivity index (χ4n) is 2.54. The number of sulfonamides is 1. The summed E-state index contributed by atoms with van der Waals surface area (Å²) in [6, 6.07) is 3.43. The van der Waals surface area contributed by atoms with Crippen LogP contribution in [0.15, 0.2) is 17.0 Å². The molecule has 0 bridgehead atoms. The number of aryl methyl sites for hydroxylation is 2. The largest absolute Gasteiger partial charge is 0.497 e. The molecular weight excluding hydrogens is 264 g/mol. The summed E-state index contributed by atoms with van der Waals surface area (Å²) in [7, 11) is -1.89. The third kappa shape index (κ3) is 2.61. The summed E-state index contributed by atoms with van der Waals surface area (Å²) in [5.74, 6) is 0.673. The molecule has 2 rings (SSSR count). The minimum absolute atomic E-state index is 0.0614. The van der Waals surface area contributed by atoms with Gasteiger partial charge in [0.2, 0.25) is 10.0 Å². The van der Waals surface area contributed by atoms with Crippen molar-refractivity contribution in [2.24, 2.45) is 5.73 Å². The van der Waals surface area contributed by atoms with Crippen molar-refractivity contribution < 1.29 is 13.2 Å². The van der Waals surface area contributed by atoms with E-state index in [2.05, 4.69) is 0 Å². The predicted octanol–water partition coefficient (Wildman–Crippen LogP) is 1.03. The van der Waals surface area contributed by atoms with E-state index < -0.39 is 10.0 Å². The summed E-state index contributed by atoms with van der Waals surface area (Å²) in [4.78, 5) is 0.377. The third-order valence-corrected chi connectivity index (χ3v) is 5.63. The highest BCUT2D eigenvalue weighted by Crippen LogP contribution is 2.29. The minimum Gasteiger partial charge on any atom is -0.497 e. The molecule has 1 aliphatic rings.